The number of rotatable bonds is 3. The monoisotopic (exact) mass is 180 g/mol. The second-order valence-corrected chi connectivity index (χ2v) is 1.96. The fraction of sp³-hybridized carbons (Fsp3) is 0.286. The van der Waals surface area contributed by atoms with Crippen LogP contribution in [0.5, 0.6) is 12.0 Å². The summed E-state index contributed by atoms with van der Waals surface area (Å²) >= 11 is 0. The van der Waals surface area contributed by atoms with E-state index in [-0.39, 0.29) is 24.6 Å². The first kappa shape index (κ1) is 9.06. The van der Waals surface area contributed by atoms with Crippen molar-refractivity contribution >= 4 is 5.95 Å². The highest BCUT2D eigenvalue weighted by Crippen LogP contribution is 2.09. The van der Waals surface area contributed by atoms with E-state index in [1.54, 1.807) is 0 Å². The van der Waals surface area contributed by atoms with Gasteiger partial charge in [0.15, 0.2) is 6.61 Å². The van der Waals surface area contributed by atoms with Gasteiger partial charge in [-0.25, -0.2) is 0 Å². The molecule has 0 saturated heterocycles. The van der Waals surface area contributed by atoms with Gasteiger partial charge in [0.1, 0.15) is 0 Å². The Hall–Kier alpha value is -2.03. The maximum atomic E-state index is 5.33. The molecule has 0 aromatic carbocycles. The SMILES string of the molecule is C#CCOc1nc(N)nc(OC)n1. The fourth-order valence-corrected chi connectivity index (χ4v) is 0.615. The number of aromatic nitrogens is 3. The van der Waals surface area contributed by atoms with E-state index in [0.29, 0.717) is 0 Å². The number of hydrogen-bond acceptors (Lipinski definition) is 6. The Labute approximate surface area is 75.1 Å². The zero-order chi connectivity index (χ0) is 9.68. The van der Waals surface area contributed by atoms with E-state index in [1.165, 1.54) is 7.11 Å². The molecule has 0 spiro atoms. The molecule has 6 heteroatoms. The van der Waals surface area contributed by atoms with Crippen LogP contribution in [0.1, 0.15) is 0 Å². The van der Waals surface area contributed by atoms with Gasteiger partial charge in [0.2, 0.25) is 5.95 Å². The van der Waals surface area contributed by atoms with Crippen LogP contribution in [-0.4, -0.2) is 28.7 Å². The highest BCUT2D eigenvalue weighted by molar-refractivity contribution is 5.20. The van der Waals surface area contributed by atoms with Crippen molar-refractivity contribution in [2.24, 2.45) is 0 Å². The highest BCUT2D eigenvalue weighted by atomic mass is 16.5. The first-order valence-electron chi connectivity index (χ1n) is 3.38. The number of hydrogen-bond donors (Lipinski definition) is 1. The highest BCUT2D eigenvalue weighted by Gasteiger charge is 2.03. The van der Waals surface area contributed by atoms with Crippen LogP contribution in [0, 0.1) is 12.3 Å². The number of anilines is 1. The fourth-order valence-electron chi connectivity index (χ4n) is 0.615. The topological polar surface area (TPSA) is 83.2 Å². The first-order valence-corrected chi connectivity index (χ1v) is 3.38. The van der Waals surface area contributed by atoms with Gasteiger partial charge in [-0.05, 0) is 0 Å². The molecule has 1 aromatic heterocycles. The molecule has 0 aliphatic carbocycles. The van der Waals surface area contributed by atoms with Gasteiger partial charge in [-0.15, -0.1) is 11.4 Å². The lowest BCUT2D eigenvalue weighted by Crippen LogP contribution is -2.05. The van der Waals surface area contributed by atoms with Crippen LogP contribution in [-0.2, 0) is 0 Å². The Balaban J connectivity index is 2.83. The van der Waals surface area contributed by atoms with Crippen molar-refractivity contribution in [2.75, 3.05) is 19.5 Å². The molecule has 0 amide bonds. The number of nitrogens with two attached hydrogens (primary N) is 1. The quantitative estimate of drug-likeness (QED) is 0.630. The Morgan fingerprint density at radius 1 is 1.38 bits per heavy atom. The molecule has 0 saturated carbocycles. The zero-order valence-electron chi connectivity index (χ0n) is 7.02. The number of nitrogen functional groups attached to an aromatic ring is 1. The van der Waals surface area contributed by atoms with Crippen molar-refractivity contribution < 1.29 is 9.47 Å². The minimum absolute atomic E-state index is 0.0267. The van der Waals surface area contributed by atoms with Crippen molar-refractivity contribution in [3.8, 4) is 24.4 Å². The second-order valence-electron chi connectivity index (χ2n) is 1.96. The summed E-state index contributed by atoms with van der Waals surface area (Å²) in [5.41, 5.74) is 5.33. The predicted molar refractivity (Wildman–Crippen MR) is 45.1 cm³/mol. The van der Waals surface area contributed by atoms with Gasteiger partial charge in [-0.1, -0.05) is 5.92 Å². The smallest absolute Gasteiger partial charge is 0.325 e. The summed E-state index contributed by atoms with van der Waals surface area (Å²) in [4.78, 5) is 11.1. The molecule has 0 fully saturated rings. The van der Waals surface area contributed by atoms with Gasteiger partial charge in [-0.2, -0.15) is 9.97 Å². The number of terminal acetylenes is 1. The summed E-state index contributed by atoms with van der Waals surface area (Å²) in [6.45, 7) is 0.0760. The van der Waals surface area contributed by atoms with Gasteiger partial charge in [-0.3, -0.25) is 0 Å². The number of ether oxygens (including phenoxy) is 2. The largest absolute Gasteiger partial charge is 0.467 e. The van der Waals surface area contributed by atoms with Gasteiger partial charge in [0.25, 0.3) is 0 Å². The molecular formula is C7H8N4O2. The summed E-state index contributed by atoms with van der Waals surface area (Å²) < 4.78 is 9.66. The van der Waals surface area contributed by atoms with Gasteiger partial charge in [0, 0.05) is 0 Å². The molecule has 0 bridgehead atoms. The van der Waals surface area contributed by atoms with Gasteiger partial charge in [0.05, 0.1) is 7.11 Å². The van der Waals surface area contributed by atoms with Crippen molar-refractivity contribution in [1.82, 2.24) is 15.0 Å². The summed E-state index contributed by atoms with van der Waals surface area (Å²) in [5, 5.41) is 0. The van der Waals surface area contributed by atoms with Crippen LogP contribution < -0.4 is 15.2 Å². The molecule has 1 rings (SSSR count). The number of nitrogens with zero attached hydrogens (tertiary/aromatic N) is 3. The maximum Gasteiger partial charge on any atom is 0.325 e. The van der Waals surface area contributed by atoms with E-state index in [1.807, 2.05) is 0 Å². The molecule has 13 heavy (non-hydrogen) atoms. The minimum atomic E-state index is 0.0267. The van der Waals surface area contributed by atoms with Crippen molar-refractivity contribution in [3.05, 3.63) is 0 Å². The third-order valence-corrected chi connectivity index (χ3v) is 1.08. The van der Waals surface area contributed by atoms with Crippen LogP contribution in [0.3, 0.4) is 0 Å². The predicted octanol–water partition coefficient (Wildman–Crippen LogP) is -0.526. The first-order chi connectivity index (χ1) is 6.26. The maximum absolute atomic E-state index is 5.33. The summed E-state index contributed by atoms with van der Waals surface area (Å²) in [5.74, 6) is 2.30. The van der Waals surface area contributed by atoms with Crippen LogP contribution in [0.2, 0.25) is 0 Å². The van der Waals surface area contributed by atoms with Crippen molar-refractivity contribution in [3.63, 3.8) is 0 Å². The molecule has 1 heterocycles. The Morgan fingerprint density at radius 3 is 2.69 bits per heavy atom. The minimum Gasteiger partial charge on any atom is -0.467 e. The Kier molecular flexibility index (Phi) is 2.87. The van der Waals surface area contributed by atoms with E-state index in [4.69, 9.17) is 21.6 Å². The molecule has 0 radical (unpaired) electrons. The lowest BCUT2D eigenvalue weighted by Gasteiger charge is -2.02. The van der Waals surface area contributed by atoms with Crippen LogP contribution in [0.25, 0.3) is 0 Å². The third kappa shape index (κ3) is 2.48. The average molecular weight is 180 g/mol. The number of methoxy groups -OCH3 is 1. The molecule has 68 valence electrons. The molecular weight excluding hydrogens is 172 g/mol. The third-order valence-electron chi connectivity index (χ3n) is 1.08. The molecule has 0 atom stereocenters. The van der Waals surface area contributed by atoms with E-state index in [0.717, 1.165) is 0 Å². The molecule has 0 unspecified atom stereocenters. The normalized spacial score (nSPS) is 8.92. The molecule has 0 aliphatic heterocycles. The van der Waals surface area contributed by atoms with Gasteiger partial charge < -0.3 is 15.2 Å². The van der Waals surface area contributed by atoms with Crippen LogP contribution in [0.4, 0.5) is 5.95 Å². The molecule has 0 aliphatic rings. The van der Waals surface area contributed by atoms with Crippen molar-refractivity contribution in [1.29, 1.82) is 0 Å². The molecule has 2 N–H and O–H groups in total. The second kappa shape index (κ2) is 4.11. The average Bonchev–Trinajstić information content (AvgIpc) is 2.14. The Bertz CT molecular complexity index is 334. The van der Waals surface area contributed by atoms with Gasteiger partial charge >= 0.3 is 12.0 Å². The van der Waals surface area contributed by atoms with E-state index >= 15 is 0 Å². The van der Waals surface area contributed by atoms with E-state index in [9.17, 15) is 0 Å². The zero-order valence-corrected chi connectivity index (χ0v) is 7.02. The molecule has 6 nitrogen and oxygen atoms in total. The lowest BCUT2D eigenvalue weighted by atomic mass is 10.7. The van der Waals surface area contributed by atoms with Crippen molar-refractivity contribution in [2.45, 2.75) is 0 Å². The van der Waals surface area contributed by atoms with E-state index in [2.05, 4.69) is 20.9 Å². The standard InChI is InChI=1S/C7H8N4O2/c1-3-4-13-7-10-5(8)9-6(11-7)12-2/h1H,4H2,2H3,(H2,8,9,10,11). The Morgan fingerprint density at radius 2 is 2.08 bits per heavy atom. The summed E-state index contributed by atoms with van der Waals surface area (Å²) in [6.07, 6.45) is 4.98. The van der Waals surface area contributed by atoms with E-state index < -0.39 is 0 Å². The van der Waals surface area contributed by atoms with Crippen LogP contribution >= 0.6 is 0 Å². The molecule has 1 aromatic rings. The summed E-state index contributed by atoms with van der Waals surface area (Å²) in [6, 6.07) is 0.154. The summed E-state index contributed by atoms with van der Waals surface area (Å²) in [7, 11) is 1.42. The van der Waals surface area contributed by atoms with Crippen LogP contribution in [0.15, 0.2) is 0 Å². The lowest BCUT2D eigenvalue weighted by molar-refractivity contribution is 0.318.